The van der Waals surface area contributed by atoms with E-state index in [2.05, 4.69) is 15.3 Å². The smallest absolute Gasteiger partial charge is 0.262 e. The number of hydrogen-bond acceptors (Lipinski definition) is 7. The number of aryl methyl sites for hydroxylation is 1. The SMILES string of the molecule is Cc1nccc(-c2ccc(C(=O)N[C@H](C(=O)N3C[C@H](Cl)[C@H]4OCC(=O)[C@H]43)C3CCCCC3)s2)n1. The van der Waals surface area contributed by atoms with E-state index in [1.807, 2.05) is 19.1 Å². The molecular formula is C24H27ClN4O4S. The van der Waals surface area contributed by atoms with Gasteiger partial charge < -0.3 is 15.0 Å². The second-order valence-corrected chi connectivity index (χ2v) is 10.8. The summed E-state index contributed by atoms with van der Waals surface area (Å²) in [6.45, 7) is 2.04. The molecule has 2 aromatic heterocycles. The Hall–Kier alpha value is -2.36. The van der Waals surface area contributed by atoms with Crippen LogP contribution in [0.25, 0.3) is 10.6 Å². The zero-order valence-corrected chi connectivity index (χ0v) is 20.5. The van der Waals surface area contributed by atoms with Crippen LogP contribution in [0.5, 0.6) is 0 Å². The molecule has 1 saturated carbocycles. The molecule has 1 N–H and O–H groups in total. The number of likely N-dealkylation sites (tertiary alicyclic amines) is 1. The highest BCUT2D eigenvalue weighted by atomic mass is 35.5. The number of thiophene rings is 1. The van der Waals surface area contributed by atoms with Crippen molar-refractivity contribution in [1.29, 1.82) is 0 Å². The molecule has 3 aliphatic rings. The first-order valence-electron chi connectivity index (χ1n) is 11.7. The number of carbonyl (C=O) groups is 3. The molecule has 5 rings (SSSR count). The molecule has 2 aliphatic heterocycles. The molecule has 0 aromatic carbocycles. The number of nitrogens with zero attached hydrogens (tertiary/aromatic N) is 3. The second kappa shape index (κ2) is 9.71. The van der Waals surface area contributed by atoms with E-state index in [0.717, 1.165) is 42.7 Å². The van der Waals surface area contributed by atoms with Crippen molar-refractivity contribution in [2.45, 2.75) is 62.6 Å². The molecule has 2 saturated heterocycles. The quantitative estimate of drug-likeness (QED) is 0.631. The van der Waals surface area contributed by atoms with Crippen molar-refractivity contribution in [3.63, 3.8) is 0 Å². The van der Waals surface area contributed by atoms with Crippen molar-refractivity contribution in [3.05, 3.63) is 35.1 Å². The number of nitrogens with one attached hydrogen (secondary N) is 1. The Balaban J connectivity index is 1.37. The highest BCUT2D eigenvalue weighted by molar-refractivity contribution is 7.17. The van der Waals surface area contributed by atoms with Crippen molar-refractivity contribution in [2.24, 2.45) is 5.92 Å². The minimum Gasteiger partial charge on any atom is -0.366 e. The summed E-state index contributed by atoms with van der Waals surface area (Å²) < 4.78 is 5.54. The third-order valence-electron chi connectivity index (χ3n) is 6.94. The molecule has 0 radical (unpaired) electrons. The van der Waals surface area contributed by atoms with Crippen molar-refractivity contribution < 1.29 is 19.1 Å². The molecule has 4 atom stereocenters. The monoisotopic (exact) mass is 502 g/mol. The van der Waals surface area contributed by atoms with Crippen LogP contribution in [0.15, 0.2) is 24.4 Å². The molecule has 2 aromatic rings. The normalized spacial score (nSPS) is 25.9. The molecule has 8 nitrogen and oxygen atoms in total. The lowest BCUT2D eigenvalue weighted by Gasteiger charge is -2.34. The van der Waals surface area contributed by atoms with E-state index >= 15 is 0 Å². The van der Waals surface area contributed by atoms with Crippen molar-refractivity contribution in [3.8, 4) is 10.6 Å². The predicted molar refractivity (Wildman–Crippen MR) is 128 cm³/mol. The van der Waals surface area contributed by atoms with Crippen LogP contribution in [0.3, 0.4) is 0 Å². The molecule has 180 valence electrons. The zero-order chi connectivity index (χ0) is 23.8. The number of hydrogen-bond donors (Lipinski definition) is 1. The number of alkyl halides is 1. The van der Waals surface area contributed by atoms with E-state index in [1.165, 1.54) is 11.3 Å². The van der Waals surface area contributed by atoms with Gasteiger partial charge in [-0.2, -0.15) is 0 Å². The van der Waals surface area contributed by atoms with E-state index in [9.17, 15) is 14.4 Å². The maximum absolute atomic E-state index is 13.7. The van der Waals surface area contributed by atoms with E-state index < -0.39 is 23.6 Å². The first-order chi connectivity index (χ1) is 16.4. The third kappa shape index (κ3) is 4.48. The Kier molecular flexibility index (Phi) is 6.68. The summed E-state index contributed by atoms with van der Waals surface area (Å²) in [6.07, 6.45) is 6.11. The second-order valence-electron chi connectivity index (χ2n) is 9.20. The van der Waals surface area contributed by atoms with Crippen molar-refractivity contribution in [1.82, 2.24) is 20.2 Å². The lowest BCUT2D eigenvalue weighted by Crippen LogP contribution is -2.55. The van der Waals surface area contributed by atoms with Crippen LogP contribution in [0.2, 0.25) is 0 Å². The number of ketones is 1. The van der Waals surface area contributed by atoms with Gasteiger partial charge in [-0.05, 0) is 43.9 Å². The summed E-state index contributed by atoms with van der Waals surface area (Å²) >= 11 is 7.74. The van der Waals surface area contributed by atoms with Gasteiger partial charge in [-0.25, -0.2) is 9.97 Å². The van der Waals surface area contributed by atoms with Crippen LogP contribution in [0.1, 0.15) is 47.6 Å². The van der Waals surface area contributed by atoms with Gasteiger partial charge in [-0.1, -0.05) is 19.3 Å². The topological polar surface area (TPSA) is 101 Å². The van der Waals surface area contributed by atoms with Crippen molar-refractivity contribution >= 4 is 40.5 Å². The minimum absolute atomic E-state index is 0.0245. The number of rotatable bonds is 5. The van der Waals surface area contributed by atoms with Gasteiger partial charge in [-0.15, -0.1) is 22.9 Å². The zero-order valence-electron chi connectivity index (χ0n) is 18.9. The van der Waals surface area contributed by atoms with Gasteiger partial charge in [0.2, 0.25) is 5.91 Å². The molecule has 34 heavy (non-hydrogen) atoms. The maximum Gasteiger partial charge on any atom is 0.262 e. The Bertz CT molecular complexity index is 1100. The van der Waals surface area contributed by atoms with Gasteiger partial charge in [-0.3, -0.25) is 14.4 Å². The van der Waals surface area contributed by atoms with E-state index in [4.69, 9.17) is 16.3 Å². The summed E-state index contributed by atoms with van der Waals surface area (Å²) in [6, 6.07) is 4.06. The van der Waals surface area contributed by atoms with Crippen LogP contribution >= 0.6 is 22.9 Å². The van der Waals surface area contributed by atoms with E-state index in [1.54, 1.807) is 17.2 Å². The highest BCUT2D eigenvalue weighted by Gasteiger charge is 2.53. The molecule has 2 amide bonds. The van der Waals surface area contributed by atoms with Gasteiger partial charge in [0.1, 0.15) is 30.6 Å². The third-order valence-corrected chi connectivity index (χ3v) is 8.43. The van der Waals surface area contributed by atoms with Crippen LogP contribution in [0, 0.1) is 12.8 Å². The molecule has 0 unspecified atom stereocenters. The molecule has 10 heteroatoms. The number of carbonyl (C=O) groups excluding carboxylic acids is 3. The maximum atomic E-state index is 13.7. The number of Topliss-reactive ketones (excluding diaryl/α,β-unsaturated/α-hetero) is 1. The number of fused-ring (bicyclic) bond motifs is 1. The first-order valence-corrected chi connectivity index (χ1v) is 13.0. The highest BCUT2D eigenvalue weighted by Crippen LogP contribution is 2.34. The summed E-state index contributed by atoms with van der Waals surface area (Å²) in [7, 11) is 0. The fourth-order valence-electron chi connectivity index (χ4n) is 5.25. The predicted octanol–water partition coefficient (Wildman–Crippen LogP) is 2.98. The Morgan fingerprint density at radius 2 is 2.03 bits per heavy atom. The van der Waals surface area contributed by atoms with Crippen molar-refractivity contribution in [2.75, 3.05) is 13.2 Å². The largest absolute Gasteiger partial charge is 0.366 e. The van der Waals surface area contributed by atoms with Gasteiger partial charge in [0.15, 0.2) is 5.78 Å². The average molecular weight is 503 g/mol. The minimum atomic E-state index is -0.698. The summed E-state index contributed by atoms with van der Waals surface area (Å²) in [5.41, 5.74) is 0.757. The van der Waals surface area contributed by atoms with E-state index in [-0.39, 0.29) is 36.7 Å². The summed E-state index contributed by atoms with van der Waals surface area (Å²) in [5.74, 6) is 0.0306. The van der Waals surface area contributed by atoms with Crippen LogP contribution in [0.4, 0.5) is 0 Å². The molecular weight excluding hydrogens is 476 g/mol. The lowest BCUT2D eigenvalue weighted by atomic mass is 9.83. The number of amides is 2. The van der Waals surface area contributed by atoms with Gasteiger partial charge in [0.25, 0.3) is 5.91 Å². The van der Waals surface area contributed by atoms with Gasteiger partial charge in [0.05, 0.1) is 20.8 Å². The molecule has 0 bridgehead atoms. The lowest BCUT2D eigenvalue weighted by molar-refractivity contribution is -0.139. The number of halogens is 1. The van der Waals surface area contributed by atoms with Gasteiger partial charge in [0, 0.05) is 12.7 Å². The summed E-state index contributed by atoms with van der Waals surface area (Å²) in [5, 5.41) is 2.59. The molecule has 0 spiro atoms. The fourth-order valence-corrected chi connectivity index (χ4v) is 6.49. The standard InChI is InChI=1S/C24H27ClN4O4S/c1-13-26-10-9-16(27-13)18-7-8-19(34-18)23(31)28-20(14-5-3-2-4-6-14)24(32)29-11-15(25)22-21(29)17(30)12-33-22/h7-10,14-15,20-22H,2-6,11-12H2,1H3,(H,28,31)/t15-,20-,21+,22+/m0/s1. The van der Waals surface area contributed by atoms with Gasteiger partial charge >= 0.3 is 0 Å². The van der Waals surface area contributed by atoms with Crippen LogP contribution in [-0.2, 0) is 14.3 Å². The van der Waals surface area contributed by atoms with E-state index in [0.29, 0.717) is 10.7 Å². The average Bonchev–Trinajstić information content (AvgIpc) is 3.56. The number of aromatic nitrogens is 2. The summed E-state index contributed by atoms with van der Waals surface area (Å²) in [4.78, 5) is 50.9. The first kappa shape index (κ1) is 23.4. The Labute approximate surface area is 207 Å². The molecule has 1 aliphatic carbocycles. The molecule has 3 fully saturated rings. The number of ether oxygens (including phenoxy) is 1. The van der Waals surface area contributed by atoms with Crippen LogP contribution in [-0.4, -0.2) is 69.2 Å². The Morgan fingerprint density at radius 3 is 2.79 bits per heavy atom. The molecule has 4 heterocycles. The fraction of sp³-hybridized carbons (Fsp3) is 0.542. The van der Waals surface area contributed by atoms with Crippen LogP contribution < -0.4 is 5.32 Å². The Morgan fingerprint density at radius 1 is 1.24 bits per heavy atom.